The van der Waals surface area contributed by atoms with Crippen LogP contribution < -0.4 is 4.74 Å². The number of allylic oxidation sites excluding steroid dienone is 1. The molecule has 0 fully saturated rings. The molecule has 0 radical (unpaired) electrons. The van der Waals surface area contributed by atoms with Gasteiger partial charge in [-0.3, -0.25) is 4.79 Å². The van der Waals surface area contributed by atoms with Crippen molar-refractivity contribution < 1.29 is 14.6 Å². The van der Waals surface area contributed by atoms with Crippen LogP contribution in [0.3, 0.4) is 0 Å². The van der Waals surface area contributed by atoms with Gasteiger partial charge < -0.3 is 9.84 Å². The van der Waals surface area contributed by atoms with Gasteiger partial charge in [0.2, 0.25) is 0 Å². The standard InChI is InChI=1S/C14H18O3/c1-9(2)5-6-17-13-7-10(3)12(8-15)14(16)11(13)4/h5,7-8,16H,6H2,1-4H3. The molecule has 0 unspecified atom stereocenters. The van der Waals surface area contributed by atoms with E-state index in [1.165, 1.54) is 5.57 Å². The lowest BCUT2D eigenvalue weighted by atomic mass is 10.0. The Morgan fingerprint density at radius 3 is 2.59 bits per heavy atom. The zero-order chi connectivity index (χ0) is 13.0. The normalized spacial score (nSPS) is 9.88. The van der Waals surface area contributed by atoms with E-state index in [2.05, 4.69) is 0 Å². The molecule has 1 aromatic rings. The second-order valence-electron chi connectivity index (χ2n) is 4.29. The molecule has 17 heavy (non-hydrogen) atoms. The second kappa shape index (κ2) is 5.53. The van der Waals surface area contributed by atoms with E-state index < -0.39 is 0 Å². The summed E-state index contributed by atoms with van der Waals surface area (Å²) < 4.78 is 5.56. The Morgan fingerprint density at radius 1 is 1.41 bits per heavy atom. The predicted octanol–water partition coefficient (Wildman–Crippen LogP) is 3.17. The molecule has 0 atom stereocenters. The number of phenols is 1. The zero-order valence-electron chi connectivity index (χ0n) is 10.7. The van der Waals surface area contributed by atoms with Crippen LogP contribution in [0.1, 0.15) is 35.3 Å². The van der Waals surface area contributed by atoms with Crippen molar-refractivity contribution in [1.29, 1.82) is 0 Å². The maximum absolute atomic E-state index is 10.8. The minimum Gasteiger partial charge on any atom is -0.507 e. The van der Waals surface area contributed by atoms with Gasteiger partial charge in [0, 0.05) is 5.56 Å². The quantitative estimate of drug-likeness (QED) is 0.643. The number of hydrogen-bond donors (Lipinski definition) is 1. The number of aryl methyl sites for hydroxylation is 1. The van der Waals surface area contributed by atoms with Crippen molar-refractivity contribution in [3.63, 3.8) is 0 Å². The number of phenolic OH excluding ortho intramolecular Hbond substituents is 1. The average Bonchev–Trinajstić information content (AvgIpc) is 2.25. The van der Waals surface area contributed by atoms with Crippen LogP contribution in [0.25, 0.3) is 0 Å². The molecule has 0 bridgehead atoms. The Kier molecular flexibility index (Phi) is 4.32. The third kappa shape index (κ3) is 3.09. The minimum absolute atomic E-state index is 0.00667. The van der Waals surface area contributed by atoms with Gasteiger partial charge in [-0.2, -0.15) is 0 Å². The Labute approximate surface area is 102 Å². The summed E-state index contributed by atoms with van der Waals surface area (Å²) in [6.45, 7) is 7.96. The Hall–Kier alpha value is -1.77. The number of hydrogen-bond acceptors (Lipinski definition) is 3. The van der Waals surface area contributed by atoms with Crippen LogP contribution in [0.5, 0.6) is 11.5 Å². The second-order valence-corrected chi connectivity index (χ2v) is 4.29. The largest absolute Gasteiger partial charge is 0.507 e. The van der Waals surface area contributed by atoms with Crippen molar-refractivity contribution in [1.82, 2.24) is 0 Å². The molecule has 1 rings (SSSR count). The average molecular weight is 234 g/mol. The van der Waals surface area contributed by atoms with Crippen molar-refractivity contribution in [2.75, 3.05) is 6.61 Å². The predicted molar refractivity (Wildman–Crippen MR) is 67.9 cm³/mol. The maximum Gasteiger partial charge on any atom is 0.154 e. The maximum atomic E-state index is 10.8. The van der Waals surface area contributed by atoms with Crippen LogP contribution in [0.4, 0.5) is 0 Å². The van der Waals surface area contributed by atoms with E-state index in [1.54, 1.807) is 19.9 Å². The van der Waals surface area contributed by atoms with Crippen molar-refractivity contribution in [2.45, 2.75) is 27.7 Å². The molecular formula is C14H18O3. The number of rotatable bonds is 4. The van der Waals surface area contributed by atoms with Crippen LogP contribution in [0.15, 0.2) is 17.7 Å². The van der Waals surface area contributed by atoms with Gasteiger partial charge >= 0.3 is 0 Å². The molecule has 0 amide bonds. The SMILES string of the molecule is CC(C)=CCOc1cc(C)c(C=O)c(O)c1C. The molecule has 1 N–H and O–H groups in total. The van der Waals surface area contributed by atoms with Gasteiger partial charge in [0.1, 0.15) is 18.1 Å². The molecule has 0 saturated carbocycles. The van der Waals surface area contributed by atoms with Gasteiger partial charge in [-0.15, -0.1) is 0 Å². The van der Waals surface area contributed by atoms with E-state index in [-0.39, 0.29) is 5.75 Å². The molecule has 0 saturated heterocycles. The Bertz CT molecular complexity index is 455. The van der Waals surface area contributed by atoms with E-state index in [0.29, 0.717) is 29.8 Å². The molecule has 0 aliphatic heterocycles. The molecular weight excluding hydrogens is 216 g/mol. The van der Waals surface area contributed by atoms with Crippen LogP contribution in [-0.2, 0) is 0 Å². The van der Waals surface area contributed by atoms with Crippen molar-refractivity contribution in [3.8, 4) is 11.5 Å². The molecule has 3 nitrogen and oxygen atoms in total. The van der Waals surface area contributed by atoms with Gasteiger partial charge in [-0.25, -0.2) is 0 Å². The minimum atomic E-state index is 0.00667. The molecule has 3 heteroatoms. The van der Waals surface area contributed by atoms with E-state index in [0.717, 1.165) is 5.56 Å². The fourth-order valence-corrected chi connectivity index (χ4v) is 1.48. The summed E-state index contributed by atoms with van der Waals surface area (Å²) in [5, 5.41) is 9.84. The highest BCUT2D eigenvalue weighted by molar-refractivity contribution is 5.83. The smallest absolute Gasteiger partial charge is 0.154 e. The molecule has 0 spiro atoms. The summed E-state index contributed by atoms with van der Waals surface area (Å²) in [7, 11) is 0. The first kappa shape index (κ1) is 13.3. The zero-order valence-corrected chi connectivity index (χ0v) is 10.7. The lowest BCUT2D eigenvalue weighted by molar-refractivity contribution is 0.112. The Morgan fingerprint density at radius 2 is 2.06 bits per heavy atom. The summed E-state index contributed by atoms with van der Waals surface area (Å²) in [6.07, 6.45) is 2.62. The van der Waals surface area contributed by atoms with Gasteiger partial charge in [-0.05, 0) is 45.4 Å². The summed E-state index contributed by atoms with van der Waals surface area (Å²) >= 11 is 0. The number of ether oxygens (including phenoxy) is 1. The van der Waals surface area contributed by atoms with Crippen molar-refractivity contribution in [2.24, 2.45) is 0 Å². The molecule has 0 aliphatic carbocycles. The monoisotopic (exact) mass is 234 g/mol. The van der Waals surface area contributed by atoms with E-state index in [1.807, 2.05) is 19.9 Å². The number of benzene rings is 1. The fraction of sp³-hybridized carbons (Fsp3) is 0.357. The number of carbonyl (C=O) groups excluding carboxylic acids is 1. The van der Waals surface area contributed by atoms with Crippen LogP contribution in [-0.4, -0.2) is 18.0 Å². The summed E-state index contributed by atoms with van der Waals surface area (Å²) in [6, 6.07) is 1.78. The highest BCUT2D eigenvalue weighted by atomic mass is 16.5. The third-order valence-electron chi connectivity index (χ3n) is 2.60. The van der Waals surface area contributed by atoms with Gasteiger partial charge in [0.05, 0.1) is 5.56 Å². The van der Waals surface area contributed by atoms with E-state index in [4.69, 9.17) is 4.74 Å². The van der Waals surface area contributed by atoms with Crippen molar-refractivity contribution in [3.05, 3.63) is 34.4 Å². The lowest BCUT2D eigenvalue weighted by Gasteiger charge is -2.12. The summed E-state index contributed by atoms with van der Waals surface area (Å²) in [5.74, 6) is 0.621. The highest BCUT2D eigenvalue weighted by Gasteiger charge is 2.12. The first-order chi connectivity index (χ1) is 7.97. The van der Waals surface area contributed by atoms with Gasteiger partial charge in [0.15, 0.2) is 6.29 Å². The van der Waals surface area contributed by atoms with Crippen molar-refractivity contribution >= 4 is 6.29 Å². The first-order valence-electron chi connectivity index (χ1n) is 5.52. The summed E-state index contributed by atoms with van der Waals surface area (Å²) in [5.41, 5.74) is 2.82. The van der Waals surface area contributed by atoms with Crippen LogP contribution >= 0.6 is 0 Å². The number of aromatic hydroxyl groups is 1. The van der Waals surface area contributed by atoms with Crippen LogP contribution in [0, 0.1) is 13.8 Å². The number of carbonyl (C=O) groups is 1. The molecule has 92 valence electrons. The first-order valence-corrected chi connectivity index (χ1v) is 5.52. The van der Waals surface area contributed by atoms with Gasteiger partial charge in [-0.1, -0.05) is 5.57 Å². The molecule has 0 aliphatic rings. The lowest BCUT2D eigenvalue weighted by Crippen LogP contribution is -1.99. The molecule has 1 aromatic carbocycles. The van der Waals surface area contributed by atoms with E-state index >= 15 is 0 Å². The molecule has 0 heterocycles. The molecule has 0 aromatic heterocycles. The van der Waals surface area contributed by atoms with Gasteiger partial charge in [0.25, 0.3) is 0 Å². The van der Waals surface area contributed by atoms with E-state index in [9.17, 15) is 9.90 Å². The topological polar surface area (TPSA) is 46.5 Å². The fourth-order valence-electron chi connectivity index (χ4n) is 1.48. The third-order valence-corrected chi connectivity index (χ3v) is 2.60. The highest BCUT2D eigenvalue weighted by Crippen LogP contribution is 2.32. The Balaban J connectivity index is 3.02. The number of aldehydes is 1. The summed E-state index contributed by atoms with van der Waals surface area (Å²) in [4.78, 5) is 10.8. The van der Waals surface area contributed by atoms with Crippen LogP contribution in [0.2, 0.25) is 0 Å².